The standard InChI is InChI=1S/C14H19ClFN6O7P/c1-14(12(24)18-2,30(25,26)27)28-3-5-8(23)6(16)11(29-5)22-4-19-7-9(17)20-13(15)21-10(7)22/h4-6,8,11,23H,3H2,1-2H3,(H,18,24)(H2,17,20,21)(H2,25,26,27)/t5-,6+,8-,11-,14?/m1/s1. The molecule has 5 atom stereocenters. The SMILES string of the molecule is CNC(=O)C(C)(OC[C@H]1O[C@@H](n2cnc3c(N)nc(Cl)nc32)[C@@H](F)[C@@H]1O)P(=O)(O)O. The number of carbonyl (C=O) groups is 1. The molecule has 0 aliphatic carbocycles. The minimum Gasteiger partial charge on any atom is -0.387 e. The number of nitrogens with one attached hydrogen (secondary N) is 1. The maximum Gasteiger partial charge on any atom is 0.366 e. The summed E-state index contributed by atoms with van der Waals surface area (Å²) in [5, 5.41) is 9.52. The number of imidazole rings is 1. The lowest BCUT2D eigenvalue weighted by atomic mass is 10.1. The van der Waals surface area contributed by atoms with Crippen molar-refractivity contribution in [2.45, 2.75) is 36.9 Å². The Bertz CT molecular complexity index is 1020. The molecule has 0 bridgehead atoms. The Labute approximate surface area is 173 Å². The molecule has 1 aliphatic heterocycles. The first-order valence-corrected chi connectivity index (χ1v) is 10.4. The molecule has 3 rings (SSSR count). The van der Waals surface area contributed by atoms with E-state index >= 15 is 0 Å². The smallest absolute Gasteiger partial charge is 0.366 e. The third-order valence-electron chi connectivity index (χ3n) is 4.72. The van der Waals surface area contributed by atoms with Crippen molar-refractivity contribution in [2.75, 3.05) is 19.4 Å². The van der Waals surface area contributed by atoms with Gasteiger partial charge in [-0.05, 0) is 18.5 Å². The number of nitrogens with zero attached hydrogens (tertiary/aromatic N) is 4. The number of anilines is 1. The maximum atomic E-state index is 14.8. The largest absolute Gasteiger partial charge is 0.387 e. The van der Waals surface area contributed by atoms with Gasteiger partial charge in [-0.15, -0.1) is 0 Å². The number of aliphatic hydroxyl groups is 1. The van der Waals surface area contributed by atoms with E-state index in [1.165, 1.54) is 6.33 Å². The number of hydrogen-bond acceptors (Lipinski definition) is 9. The summed E-state index contributed by atoms with van der Waals surface area (Å²) in [7, 11) is -3.92. The van der Waals surface area contributed by atoms with Gasteiger partial charge in [0.2, 0.25) is 10.6 Å². The number of nitrogen functional groups attached to an aromatic ring is 1. The number of rotatable bonds is 6. The second-order valence-electron chi connectivity index (χ2n) is 6.62. The number of likely N-dealkylation sites (N-methyl/N-ethyl adjacent to an activating group) is 1. The van der Waals surface area contributed by atoms with Crippen LogP contribution in [0.5, 0.6) is 0 Å². The minimum absolute atomic E-state index is 0.0411. The van der Waals surface area contributed by atoms with E-state index in [0.29, 0.717) is 0 Å². The Morgan fingerprint density at radius 3 is 2.80 bits per heavy atom. The molecule has 1 saturated heterocycles. The zero-order chi connectivity index (χ0) is 22.4. The summed E-state index contributed by atoms with van der Waals surface area (Å²) in [6, 6.07) is 0. The van der Waals surface area contributed by atoms with Gasteiger partial charge in [0.15, 0.2) is 23.9 Å². The molecule has 13 nitrogen and oxygen atoms in total. The summed E-state index contributed by atoms with van der Waals surface area (Å²) in [4.78, 5) is 42.6. The average molecular weight is 469 g/mol. The van der Waals surface area contributed by atoms with E-state index in [2.05, 4.69) is 20.3 Å². The van der Waals surface area contributed by atoms with E-state index in [9.17, 15) is 28.6 Å². The number of nitrogens with two attached hydrogens (primary N) is 1. The lowest BCUT2D eigenvalue weighted by molar-refractivity contribution is -0.143. The van der Waals surface area contributed by atoms with Crippen molar-refractivity contribution >= 4 is 42.1 Å². The van der Waals surface area contributed by atoms with Crippen LogP contribution in [0.15, 0.2) is 6.33 Å². The predicted molar refractivity (Wildman–Crippen MR) is 100 cm³/mol. The highest BCUT2D eigenvalue weighted by Crippen LogP contribution is 2.51. The molecule has 1 unspecified atom stereocenters. The molecule has 0 aromatic carbocycles. The first kappa shape index (κ1) is 22.7. The molecule has 1 amide bonds. The first-order valence-electron chi connectivity index (χ1n) is 8.45. The van der Waals surface area contributed by atoms with Crippen LogP contribution in [0.25, 0.3) is 11.2 Å². The second-order valence-corrected chi connectivity index (χ2v) is 8.90. The van der Waals surface area contributed by atoms with Crippen LogP contribution < -0.4 is 11.1 Å². The van der Waals surface area contributed by atoms with Crippen molar-refractivity contribution in [3.63, 3.8) is 0 Å². The molecule has 2 aromatic rings. The number of ether oxygens (including phenoxy) is 2. The van der Waals surface area contributed by atoms with Crippen molar-refractivity contribution in [1.29, 1.82) is 0 Å². The fourth-order valence-electron chi connectivity index (χ4n) is 2.92. The van der Waals surface area contributed by atoms with E-state index in [1.807, 2.05) is 0 Å². The third kappa shape index (κ3) is 3.75. The lowest BCUT2D eigenvalue weighted by Crippen LogP contribution is -2.47. The van der Waals surface area contributed by atoms with Crippen LogP contribution in [0.4, 0.5) is 10.2 Å². The summed E-state index contributed by atoms with van der Waals surface area (Å²) in [6.07, 6.45) is -5.36. The van der Waals surface area contributed by atoms with Crippen molar-refractivity contribution in [1.82, 2.24) is 24.8 Å². The van der Waals surface area contributed by atoms with Gasteiger partial charge < -0.3 is 35.4 Å². The summed E-state index contributed by atoms with van der Waals surface area (Å²) in [6.45, 7) is 0.182. The van der Waals surface area contributed by atoms with Crippen molar-refractivity contribution in [3.05, 3.63) is 11.6 Å². The van der Waals surface area contributed by atoms with E-state index in [4.69, 9.17) is 26.8 Å². The van der Waals surface area contributed by atoms with Crippen LogP contribution in [0.1, 0.15) is 13.2 Å². The van der Waals surface area contributed by atoms with Crippen LogP contribution in [0.2, 0.25) is 5.28 Å². The van der Waals surface area contributed by atoms with Crippen LogP contribution in [0.3, 0.4) is 0 Å². The number of fused-ring (bicyclic) bond motifs is 1. The number of carbonyl (C=O) groups excluding carboxylic acids is 1. The summed E-state index contributed by atoms with van der Waals surface area (Å²) in [5.41, 5.74) is 5.90. The molecule has 1 aliphatic rings. The predicted octanol–water partition coefficient (Wildman–Crippen LogP) is -0.685. The quantitative estimate of drug-likeness (QED) is 0.266. The summed E-state index contributed by atoms with van der Waals surface area (Å²) < 4.78 is 38.3. The van der Waals surface area contributed by atoms with Crippen molar-refractivity contribution in [3.8, 4) is 0 Å². The molecule has 16 heteroatoms. The molecule has 166 valence electrons. The average Bonchev–Trinajstić information content (AvgIpc) is 3.20. The molecule has 0 saturated carbocycles. The monoisotopic (exact) mass is 468 g/mol. The van der Waals surface area contributed by atoms with Gasteiger partial charge >= 0.3 is 7.60 Å². The van der Waals surface area contributed by atoms with E-state index in [1.54, 1.807) is 0 Å². The number of alkyl halides is 1. The van der Waals surface area contributed by atoms with Crippen LogP contribution >= 0.6 is 19.2 Å². The third-order valence-corrected chi connectivity index (χ3v) is 6.33. The van der Waals surface area contributed by atoms with Gasteiger partial charge in [0.05, 0.1) is 12.9 Å². The maximum absolute atomic E-state index is 14.8. The Hall–Kier alpha value is -1.93. The van der Waals surface area contributed by atoms with Gasteiger partial charge in [-0.1, -0.05) is 0 Å². The molecular formula is C14H19ClFN6O7P. The first-order chi connectivity index (χ1) is 13.9. The highest BCUT2D eigenvalue weighted by molar-refractivity contribution is 7.54. The Morgan fingerprint density at radius 2 is 2.20 bits per heavy atom. The number of hydrogen-bond donors (Lipinski definition) is 5. The molecule has 6 N–H and O–H groups in total. The summed E-state index contributed by atoms with van der Waals surface area (Å²) in [5.74, 6) is -1.14. The number of aliphatic hydroxyl groups excluding tert-OH is 1. The highest BCUT2D eigenvalue weighted by Gasteiger charge is 2.53. The van der Waals surface area contributed by atoms with Crippen LogP contribution in [-0.4, -0.2) is 77.7 Å². The fourth-order valence-corrected chi connectivity index (χ4v) is 3.71. The number of aromatic nitrogens is 4. The molecule has 0 radical (unpaired) electrons. The normalized spacial score (nSPS) is 26.6. The Morgan fingerprint density at radius 1 is 1.53 bits per heavy atom. The molecule has 1 fully saturated rings. The van der Waals surface area contributed by atoms with Gasteiger partial charge in [-0.25, -0.2) is 9.37 Å². The van der Waals surface area contributed by atoms with Crippen molar-refractivity contribution in [2.24, 2.45) is 0 Å². The Kier molecular flexibility index (Phi) is 6.04. The topological polar surface area (TPSA) is 195 Å². The zero-order valence-electron chi connectivity index (χ0n) is 15.6. The van der Waals surface area contributed by atoms with Crippen LogP contribution in [0, 0.1) is 0 Å². The number of halogens is 2. The van der Waals surface area contributed by atoms with Gasteiger partial charge in [0, 0.05) is 7.05 Å². The van der Waals surface area contributed by atoms with E-state index in [-0.39, 0.29) is 22.3 Å². The lowest BCUT2D eigenvalue weighted by Gasteiger charge is -2.30. The second kappa shape index (κ2) is 7.96. The van der Waals surface area contributed by atoms with Gasteiger partial charge in [-0.2, -0.15) is 9.97 Å². The van der Waals surface area contributed by atoms with Gasteiger partial charge in [-0.3, -0.25) is 13.9 Å². The molecule has 30 heavy (non-hydrogen) atoms. The van der Waals surface area contributed by atoms with Gasteiger partial charge in [0.25, 0.3) is 5.91 Å². The fraction of sp³-hybridized carbons (Fsp3) is 0.571. The van der Waals surface area contributed by atoms with E-state index in [0.717, 1.165) is 18.5 Å². The van der Waals surface area contributed by atoms with E-state index < -0.39 is 50.1 Å². The molecule has 0 spiro atoms. The number of amides is 1. The highest BCUT2D eigenvalue weighted by atomic mass is 35.5. The molecule has 2 aromatic heterocycles. The van der Waals surface area contributed by atoms with Gasteiger partial charge in [0.1, 0.15) is 17.7 Å². The zero-order valence-corrected chi connectivity index (χ0v) is 17.3. The molecular weight excluding hydrogens is 450 g/mol. The van der Waals surface area contributed by atoms with Crippen LogP contribution in [-0.2, 0) is 18.8 Å². The van der Waals surface area contributed by atoms with Crippen molar-refractivity contribution < 1.29 is 38.1 Å². The molecule has 3 heterocycles. The summed E-state index contributed by atoms with van der Waals surface area (Å²) >= 11 is 5.78. The Balaban J connectivity index is 1.84. The minimum atomic E-state index is -5.09.